The van der Waals surface area contributed by atoms with Gasteiger partial charge in [0.1, 0.15) is 5.78 Å². The fourth-order valence-electron chi connectivity index (χ4n) is 1.20. The Morgan fingerprint density at radius 2 is 2.06 bits per heavy atom. The monoisotopic (exact) mass is 235 g/mol. The van der Waals surface area contributed by atoms with Crippen LogP contribution in [0.2, 0.25) is 0 Å². The maximum absolute atomic E-state index is 11.1. The highest BCUT2D eigenvalue weighted by atomic mass is 32.1. The molecule has 1 aromatic carbocycles. The number of Topliss-reactive ketones (excluding diaryl/α,β-unsaturated/α-hetero) is 1. The molecule has 5 heteroatoms. The molecule has 0 spiro atoms. The normalized spacial score (nSPS) is 10.9. The van der Waals surface area contributed by atoms with E-state index >= 15 is 0 Å². The van der Waals surface area contributed by atoms with Crippen molar-refractivity contribution in [3.8, 4) is 0 Å². The fraction of sp³-hybridized carbons (Fsp3) is 0.182. The molecule has 84 valence electrons. The number of nitrogens with one attached hydrogen (secondary N) is 1. The van der Waals surface area contributed by atoms with Gasteiger partial charge in [0.15, 0.2) is 5.11 Å². The summed E-state index contributed by atoms with van der Waals surface area (Å²) in [4.78, 5) is 11.1. The minimum Gasteiger partial charge on any atom is -0.375 e. The lowest BCUT2D eigenvalue weighted by Gasteiger charge is -2.05. The number of carbonyl (C=O) groups is 1. The van der Waals surface area contributed by atoms with Gasteiger partial charge in [0.2, 0.25) is 0 Å². The van der Waals surface area contributed by atoms with Crippen LogP contribution in [0.5, 0.6) is 0 Å². The molecule has 0 aliphatic carbocycles. The van der Waals surface area contributed by atoms with E-state index < -0.39 is 0 Å². The topological polar surface area (TPSA) is 67.5 Å². The highest BCUT2D eigenvalue weighted by molar-refractivity contribution is 7.80. The van der Waals surface area contributed by atoms with Crippen molar-refractivity contribution < 1.29 is 4.79 Å². The highest BCUT2D eigenvalue weighted by Crippen LogP contribution is 2.04. The lowest BCUT2D eigenvalue weighted by molar-refractivity contribution is -0.115. The van der Waals surface area contributed by atoms with Crippen molar-refractivity contribution in [1.29, 1.82) is 0 Å². The molecular formula is C11H13N3OS. The number of ketones is 1. The molecule has 0 radical (unpaired) electrons. The van der Waals surface area contributed by atoms with Crippen molar-refractivity contribution in [3.05, 3.63) is 35.9 Å². The molecule has 0 amide bonds. The van der Waals surface area contributed by atoms with Crippen LogP contribution in [0.4, 0.5) is 0 Å². The van der Waals surface area contributed by atoms with E-state index in [1.54, 1.807) is 0 Å². The minimum absolute atomic E-state index is 0.0346. The van der Waals surface area contributed by atoms with Crippen LogP contribution < -0.4 is 11.2 Å². The zero-order valence-corrected chi connectivity index (χ0v) is 9.75. The van der Waals surface area contributed by atoms with Gasteiger partial charge in [0, 0.05) is 0 Å². The molecule has 1 rings (SSSR count). The van der Waals surface area contributed by atoms with E-state index in [0.717, 1.165) is 5.56 Å². The Morgan fingerprint density at radius 3 is 2.56 bits per heavy atom. The van der Waals surface area contributed by atoms with Gasteiger partial charge in [-0.05, 0) is 24.7 Å². The lowest BCUT2D eigenvalue weighted by atomic mass is 10.1. The van der Waals surface area contributed by atoms with Crippen LogP contribution in [0, 0.1) is 0 Å². The largest absolute Gasteiger partial charge is 0.375 e. The van der Waals surface area contributed by atoms with Crippen molar-refractivity contribution >= 4 is 28.8 Å². The minimum atomic E-state index is 0.0346. The summed E-state index contributed by atoms with van der Waals surface area (Å²) in [5.41, 5.74) is 9.27. The third kappa shape index (κ3) is 4.18. The predicted octanol–water partition coefficient (Wildman–Crippen LogP) is 1.20. The van der Waals surface area contributed by atoms with Gasteiger partial charge in [-0.1, -0.05) is 30.3 Å². The van der Waals surface area contributed by atoms with Gasteiger partial charge in [0.25, 0.3) is 0 Å². The number of benzene rings is 1. The molecule has 0 fully saturated rings. The summed E-state index contributed by atoms with van der Waals surface area (Å²) >= 11 is 4.65. The first-order valence-corrected chi connectivity index (χ1v) is 5.17. The summed E-state index contributed by atoms with van der Waals surface area (Å²) in [7, 11) is 0. The average Bonchev–Trinajstić information content (AvgIpc) is 2.25. The Morgan fingerprint density at radius 1 is 1.44 bits per heavy atom. The van der Waals surface area contributed by atoms with Gasteiger partial charge < -0.3 is 5.73 Å². The molecule has 0 aromatic heterocycles. The maximum Gasteiger partial charge on any atom is 0.184 e. The Bertz CT molecular complexity index is 414. The van der Waals surface area contributed by atoms with E-state index in [4.69, 9.17) is 5.73 Å². The van der Waals surface area contributed by atoms with Gasteiger partial charge in [-0.2, -0.15) is 5.10 Å². The number of carbonyl (C=O) groups excluding carboxylic acids is 1. The maximum atomic E-state index is 11.1. The molecule has 1 aromatic rings. The van der Waals surface area contributed by atoms with Crippen LogP contribution in [0.15, 0.2) is 35.4 Å². The van der Waals surface area contributed by atoms with Gasteiger partial charge in [-0.15, -0.1) is 0 Å². The lowest BCUT2D eigenvalue weighted by Crippen LogP contribution is -2.26. The predicted molar refractivity (Wildman–Crippen MR) is 68.2 cm³/mol. The molecule has 0 aliphatic rings. The van der Waals surface area contributed by atoms with Gasteiger partial charge >= 0.3 is 0 Å². The number of hydrogen-bond donors (Lipinski definition) is 2. The Kier molecular flexibility index (Phi) is 4.60. The molecular weight excluding hydrogens is 222 g/mol. The first kappa shape index (κ1) is 12.3. The third-order valence-electron chi connectivity index (χ3n) is 1.82. The van der Waals surface area contributed by atoms with E-state index in [2.05, 4.69) is 22.7 Å². The van der Waals surface area contributed by atoms with E-state index in [0.29, 0.717) is 5.71 Å². The zero-order chi connectivity index (χ0) is 12.0. The summed E-state index contributed by atoms with van der Waals surface area (Å²) in [6.07, 6.45) is 0.250. The molecule has 0 unspecified atom stereocenters. The van der Waals surface area contributed by atoms with Crippen molar-refractivity contribution in [2.45, 2.75) is 13.3 Å². The van der Waals surface area contributed by atoms with Crippen molar-refractivity contribution in [2.75, 3.05) is 0 Å². The summed E-state index contributed by atoms with van der Waals surface area (Å²) in [6.45, 7) is 1.51. The fourth-order valence-corrected chi connectivity index (χ4v) is 1.24. The SMILES string of the molecule is CC(=O)C/C(=N/NC(N)=S)c1ccccc1. The first-order chi connectivity index (χ1) is 7.59. The van der Waals surface area contributed by atoms with Gasteiger partial charge in [0.05, 0.1) is 12.1 Å². The van der Waals surface area contributed by atoms with Gasteiger partial charge in [-0.25, -0.2) is 0 Å². The number of nitrogens with two attached hydrogens (primary N) is 1. The van der Waals surface area contributed by atoms with E-state index in [-0.39, 0.29) is 17.3 Å². The summed E-state index contributed by atoms with van der Waals surface area (Å²) < 4.78 is 0. The number of hydrogen-bond acceptors (Lipinski definition) is 3. The van der Waals surface area contributed by atoms with Crippen LogP contribution in [0.1, 0.15) is 18.9 Å². The molecule has 0 heterocycles. The zero-order valence-electron chi connectivity index (χ0n) is 8.93. The first-order valence-electron chi connectivity index (χ1n) is 4.76. The van der Waals surface area contributed by atoms with E-state index in [1.807, 2.05) is 30.3 Å². The molecule has 0 bridgehead atoms. The van der Waals surface area contributed by atoms with Crippen LogP contribution in [-0.2, 0) is 4.79 Å². The van der Waals surface area contributed by atoms with Crippen molar-refractivity contribution in [2.24, 2.45) is 10.8 Å². The molecule has 0 aliphatic heterocycles. The molecule has 0 saturated heterocycles. The van der Waals surface area contributed by atoms with Crippen LogP contribution in [0.25, 0.3) is 0 Å². The Hall–Kier alpha value is -1.75. The molecule has 16 heavy (non-hydrogen) atoms. The Labute approximate surface area is 99.5 Å². The van der Waals surface area contributed by atoms with Gasteiger partial charge in [-0.3, -0.25) is 10.2 Å². The summed E-state index contributed by atoms with van der Waals surface area (Å²) in [5, 5.41) is 4.09. The molecule has 0 saturated carbocycles. The molecule has 0 atom stereocenters. The molecule has 4 nitrogen and oxygen atoms in total. The van der Waals surface area contributed by atoms with E-state index in [1.165, 1.54) is 6.92 Å². The van der Waals surface area contributed by atoms with Crippen molar-refractivity contribution in [3.63, 3.8) is 0 Å². The summed E-state index contributed by atoms with van der Waals surface area (Å²) in [5.74, 6) is 0.0346. The second-order valence-corrected chi connectivity index (χ2v) is 3.72. The number of thiocarbonyl (C=S) groups is 1. The quantitative estimate of drug-likeness (QED) is 0.467. The highest BCUT2D eigenvalue weighted by Gasteiger charge is 2.06. The van der Waals surface area contributed by atoms with Crippen LogP contribution >= 0.6 is 12.2 Å². The standard InChI is InChI=1S/C11H13N3OS/c1-8(15)7-10(13-14-11(12)16)9-5-3-2-4-6-9/h2-6H,7H2,1H3,(H3,12,14,16)/b13-10-. The van der Waals surface area contributed by atoms with Crippen molar-refractivity contribution in [1.82, 2.24) is 5.43 Å². The molecule has 3 N–H and O–H groups in total. The summed E-state index contributed by atoms with van der Waals surface area (Å²) in [6, 6.07) is 9.42. The van der Waals surface area contributed by atoms with Crippen LogP contribution in [0.3, 0.4) is 0 Å². The Balaban J connectivity index is 2.91. The van der Waals surface area contributed by atoms with E-state index in [9.17, 15) is 4.79 Å². The smallest absolute Gasteiger partial charge is 0.184 e. The number of nitrogens with zero attached hydrogens (tertiary/aromatic N) is 1. The third-order valence-corrected chi connectivity index (χ3v) is 1.92. The number of hydrazone groups is 1. The second-order valence-electron chi connectivity index (χ2n) is 3.28. The number of rotatable bonds is 4. The average molecular weight is 235 g/mol. The van der Waals surface area contributed by atoms with Crippen LogP contribution in [-0.4, -0.2) is 16.6 Å². The second kappa shape index (κ2) is 5.97.